The van der Waals surface area contributed by atoms with E-state index in [1.54, 1.807) is 4.90 Å². The number of amides is 2. The molecule has 2 unspecified atom stereocenters. The van der Waals surface area contributed by atoms with Gasteiger partial charge in [0.15, 0.2) is 0 Å². The third-order valence-corrected chi connectivity index (χ3v) is 4.43. The van der Waals surface area contributed by atoms with Gasteiger partial charge in [-0.05, 0) is 39.5 Å². The molecule has 3 rings (SSSR count). The van der Waals surface area contributed by atoms with Gasteiger partial charge in [-0.15, -0.1) is 0 Å². The third kappa shape index (κ3) is 4.23. The van der Waals surface area contributed by atoms with Crippen molar-refractivity contribution < 1.29 is 18.7 Å². The van der Waals surface area contributed by atoms with Gasteiger partial charge in [0, 0.05) is 26.3 Å². The Bertz CT molecular complexity index is 496. The molecule has 128 valence electrons. The van der Waals surface area contributed by atoms with Crippen LogP contribution in [0.1, 0.15) is 37.1 Å². The Morgan fingerprint density at radius 2 is 1.78 bits per heavy atom. The third-order valence-electron chi connectivity index (χ3n) is 4.43. The minimum atomic E-state index is -0.211. The number of hydrogen-bond donors (Lipinski definition) is 1. The molecular formula is C16H25N3O4. The lowest BCUT2D eigenvalue weighted by Crippen LogP contribution is -2.44. The summed E-state index contributed by atoms with van der Waals surface area (Å²) in [6.45, 7) is 6.38. The average molecular weight is 323 g/mol. The summed E-state index contributed by atoms with van der Waals surface area (Å²) >= 11 is 0. The van der Waals surface area contributed by atoms with Crippen LogP contribution in [0.15, 0.2) is 4.42 Å². The Kier molecular flexibility index (Phi) is 5.17. The number of urea groups is 1. The minimum absolute atomic E-state index is 0.107. The Balaban J connectivity index is 1.63. The van der Waals surface area contributed by atoms with E-state index in [9.17, 15) is 4.79 Å². The molecule has 2 saturated heterocycles. The summed E-state index contributed by atoms with van der Waals surface area (Å²) < 4.78 is 16.8. The van der Waals surface area contributed by atoms with E-state index < -0.39 is 0 Å². The number of ether oxygens (including phenoxy) is 2. The number of oxazole rings is 1. The molecule has 1 aromatic heterocycles. The van der Waals surface area contributed by atoms with Crippen molar-refractivity contribution in [2.45, 2.75) is 51.7 Å². The first kappa shape index (κ1) is 16.3. The van der Waals surface area contributed by atoms with Crippen LogP contribution in [0.2, 0.25) is 0 Å². The van der Waals surface area contributed by atoms with Crippen molar-refractivity contribution in [2.75, 3.05) is 31.6 Å². The number of nitrogens with one attached hydrogen (secondary N) is 1. The molecule has 2 fully saturated rings. The van der Waals surface area contributed by atoms with Gasteiger partial charge in [-0.2, -0.15) is 4.98 Å². The van der Waals surface area contributed by atoms with Crippen molar-refractivity contribution in [3.05, 3.63) is 11.5 Å². The summed E-state index contributed by atoms with van der Waals surface area (Å²) in [5.74, 6) is 0.713. The number of nitrogens with zero attached hydrogens (tertiary/aromatic N) is 2. The fourth-order valence-electron chi connectivity index (χ4n) is 3.01. The van der Waals surface area contributed by atoms with Gasteiger partial charge in [-0.25, -0.2) is 4.79 Å². The first-order valence-electron chi connectivity index (χ1n) is 8.35. The number of carbonyl (C=O) groups is 1. The number of carbonyl (C=O) groups excluding carboxylic acids is 1. The molecule has 23 heavy (non-hydrogen) atoms. The van der Waals surface area contributed by atoms with Crippen molar-refractivity contribution in [3.8, 4) is 0 Å². The zero-order chi connectivity index (χ0) is 16.2. The number of rotatable bonds is 5. The molecule has 2 atom stereocenters. The fourth-order valence-corrected chi connectivity index (χ4v) is 3.01. The molecule has 0 radical (unpaired) electrons. The van der Waals surface area contributed by atoms with Gasteiger partial charge in [-0.3, -0.25) is 5.32 Å². The molecule has 7 heteroatoms. The maximum absolute atomic E-state index is 12.6. The summed E-state index contributed by atoms with van der Waals surface area (Å²) in [7, 11) is 0. The molecule has 1 N–H and O–H groups in total. The zero-order valence-electron chi connectivity index (χ0n) is 13.8. The van der Waals surface area contributed by atoms with E-state index in [4.69, 9.17) is 13.9 Å². The van der Waals surface area contributed by atoms with Gasteiger partial charge in [0.2, 0.25) is 0 Å². The van der Waals surface area contributed by atoms with Crippen LogP contribution in [0, 0.1) is 13.8 Å². The molecule has 1 aromatic rings. The first-order valence-corrected chi connectivity index (χ1v) is 8.35. The van der Waals surface area contributed by atoms with Crippen LogP contribution in [0.25, 0.3) is 0 Å². The molecule has 0 aromatic carbocycles. The van der Waals surface area contributed by atoms with Crippen LogP contribution in [-0.4, -0.2) is 54.4 Å². The van der Waals surface area contributed by atoms with Gasteiger partial charge in [0.1, 0.15) is 5.76 Å². The Labute approximate surface area is 136 Å². The van der Waals surface area contributed by atoms with Crippen LogP contribution in [-0.2, 0) is 9.47 Å². The van der Waals surface area contributed by atoms with Crippen molar-refractivity contribution in [1.29, 1.82) is 0 Å². The van der Waals surface area contributed by atoms with E-state index in [-0.39, 0.29) is 24.3 Å². The van der Waals surface area contributed by atoms with Gasteiger partial charge in [0.05, 0.1) is 17.9 Å². The lowest BCUT2D eigenvalue weighted by Gasteiger charge is -2.27. The van der Waals surface area contributed by atoms with Gasteiger partial charge in [-0.1, -0.05) is 0 Å². The number of aryl methyl sites for hydroxylation is 2. The van der Waals surface area contributed by atoms with E-state index in [1.165, 1.54) is 0 Å². The highest BCUT2D eigenvalue weighted by molar-refractivity contribution is 5.87. The molecule has 3 heterocycles. The lowest BCUT2D eigenvalue weighted by molar-refractivity contribution is 0.0523. The molecule has 0 spiro atoms. The van der Waals surface area contributed by atoms with Gasteiger partial charge in [0.25, 0.3) is 0 Å². The molecule has 2 aliphatic rings. The van der Waals surface area contributed by atoms with Crippen molar-refractivity contribution >= 4 is 12.0 Å². The average Bonchev–Trinajstić information content (AvgIpc) is 3.23. The van der Waals surface area contributed by atoms with E-state index in [1.807, 2.05) is 13.8 Å². The topological polar surface area (TPSA) is 76.8 Å². The van der Waals surface area contributed by atoms with E-state index in [2.05, 4.69) is 10.3 Å². The van der Waals surface area contributed by atoms with E-state index in [0.29, 0.717) is 18.8 Å². The monoisotopic (exact) mass is 323 g/mol. The maximum Gasteiger partial charge on any atom is 0.325 e. The Morgan fingerprint density at radius 1 is 1.17 bits per heavy atom. The molecule has 0 saturated carbocycles. The molecule has 7 nitrogen and oxygen atoms in total. The predicted octanol–water partition coefficient (Wildman–Crippen LogP) is 2.48. The Morgan fingerprint density at radius 3 is 2.22 bits per heavy atom. The molecule has 2 aliphatic heterocycles. The van der Waals surface area contributed by atoms with Crippen LogP contribution >= 0.6 is 0 Å². The van der Waals surface area contributed by atoms with Crippen molar-refractivity contribution in [3.63, 3.8) is 0 Å². The largest absolute Gasteiger partial charge is 0.428 e. The highest BCUT2D eigenvalue weighted by atomic mass is 16.5. The van der Waals surface area contributed by atoms with E-state index in [0.717, 1.165) is 44.6 Å². The van der Waals surface area contributed by atoms with Crippen LogP contribution in [0.3, 0.4) is 0 Å². The summed E-state index contributed by atoms with van der Waals surface area (Å²) in [5, 5.41) is 2.75. The van der Waals surface area contributed by atoms with Crippen molar-refractivity contribution in [1.82, 2.24) is 9.88 Å². The van der Waals surface area contributed by atoms with Crippen LogP contribution in [0.4, 0.5) is 10.8 Å². The van der Waals surface area contributed by atoms with Crippen molar-refractivity contribution in [2.24, 2.45) is 0 Å². The number of aromatic nitrogens is 1. The predicted molar refractivity (Wildman–Crippen MR) is 84.5 cm³/mol. The second-order valence-electron chi connectivity index (χ2n) is 6.27. The number of anilines is 1. The molecule has 0 bridgehead atoms. The summed E-state index contributed by atoms with van der Waals surface area (Å²) in [6.07, 6.45) is 4.31. The lowest BCUT2D eigenvalue weighted by atomic mass is 10.2. The smallest absolute Gasteiger partial charge is 0.325 e. The van der Waals surface area contributed by atoms with Crippen LogP contribution in [0.5, 0.6) is 0 Å². The summed E-state index contributed by atoms with van der Waals surface area (Å²) in [6, 6.07) is 0.0342. The van der Waals surface area contributed by atoms with Gasteiger partial charge < -0.3 is 18.8 Å². The highest BCUT2D eigenvalue weighted by Crippen LogP contribution is 2.19. The molecule has 2 amide bonds. The fraction of sp³-hybridized carbons (Fsp3) is 0.750. The van der Waals surface area contributed by atoms with Gasteiger partial charge >= 0.3 is 12.0 Å². The first-order chi connectivity index (χ1) is 11.1. The Hall–Kier alpha value is -1.60. The minimum Gasteiger partial charge on any atom is -0.428 e. The normalized spacial score (nSPS) is 24.1. The number of hydrogen-bond acceptors (Lipinski definition) is 5. The molecular weight excluding hydrogens is 298 g/mol. The SMILES string of the molecule is Cc1nc(NC(=O)N(CC2CCCO2)CC2CCCO2)oc1C. The summed E-state index contributed by atoms with van der Waals surface area (Å²) in [4.78, 5) is 18.6. The standard InChI is InChI=1S/C16H25N3O4/c1-11-12(2)23-15(17-11)18-16(20)19(9-13-5-3-7-21-13)10-14-6-4-8-22-14/h13-14H,3-10H2,1-2H3,(H,17,18,20). The van der Waals surface area contributed by atoms with E-state index >= 15 is 0 Å². The maximum atomic E-state index is 12.6. The quantitative estimate of drug-likeness (QED) is 0.901. The second kappa shape index (κ2) is 7.31. The zero-order valence-corrected chi connectivity index (χ0v) is 13.8. The second-order valence-corrected chi connectivity index (χ2v) is 6.27. The summed E-state index contributed by atoms with van der Waals surface area (Å²) in [5.41, 5.74) is 0.783. The molecule has 0 aliphatic carbocycles. The highest BCUT2D eigenvalue weighted by Gasteiger charge is 2.27. The van der Waals surface area contributed by atoms with Crippen LogP contribution < -0.4 is 5.32 Å².